The van der Waals surface area contributed by atoms with E-state index >= 15 is 0 Å². The second-order valence-electron chi connectivity index (χ2n) is 3.22. The molecule has 0 aliphatic rings. The lowest BCUT2D eigenvalue weighted by Gasteiger charge is -2.17. The predicted octanol–water partition coefficient (Wildman–Crippen LogP) is 3.69. The van der Waals surface area contributed by atoms with Crippen molar-refractivity contribution in [1.82, 2.24) is 0 Å². The van der Waals surface area contributed by atoms with Crippen LogP contribution < -0.4 is 0 Å². The molecule has 0 amide bonds. The Morgan fingerprint density at radius 3 is 2.13 bits per heavy atom. The first-order chi connectivity index (χ1) is 7.29. The number of rotatable bonds is 8. The van der Waals surface area contributed by atoms with Gasteiger partial charge in [-0.05, 0) is 27.2 Å². The van der Waals surface area contributed by atoms with Crippen LogP contribution in [0.3, 0.4) is 0 Å². The zero-order valence-corrected chi connectivity index (χ0v) is 10.5. The highest BCUT2D eigenvalue weighted by Gasteiger charge is 2.10. The third-order valence-corrected chi connectivity index (χ3v) is 2.01. The Morgan fingerprint density at radius 2 is 1.73 bits per heavy atom. The lowest BCUT2D eigenvalue weighted by Crippen LogP contribution is -2.19. The van der Waals surface area contributed by atoms with Crippen molar-refractivity contribution in [1.29, 1.82) is 0 Å². The van der Waals surface area contributed by atoms with E-state index in [2.05, 4.69) is 19.1 Å². The van der Waals surface area contributed by atoms with Crippen LogP contribution >= 0.6 is 0 Å². The van der Waals surface area contributed by atoms with Crippen LogP contribution in [0.25, 0.3) is 0 Å². The highest BCUT2D eigenvalue weighted by Crippen LogP contribution is 2.11. The highest BCUT2D eigenvalue weighted by molar-refractivity contribution is 5.20. The maximum atomic E-state index is 5.52. The van der Waals surface area contributed by atoms with Gasteiger partial charge in [-0.3, -0.25) is 0 Å². The minimum atomic E-state index is -0.210. The van der Waals surface area contributed by atoms with Gasteiger partial charge < -0.3 is 9.47 Å². The quantitative estimate of drug-likeness (QED) is 0.451. The Morgan fingerprint density at radius 1 is 1.13 bits per heavy atom. The van der Waals surface area contributed by atoms with E-state index in [0.717, 1.165) is 12.0 Å². The standard InChI is InChI=1S/C13H24O2/c1-5-9-10-11-12(6-2)13(14-7-3)15-8-4/h6,10-11,13H,5,7-9H2,1-4H3/b11-10-,12-6+. The summed E-state index contributed by atoms with van der Waals surface area (Å²) in [6.07, 6.45) is 8.37. The smallest absolute Gasteiger partial charge is 0.183 e. The molecule has 2 nitrogen and oxygen atoms in total. The van der Waals surface area contributed by atoms with Gasteiger partial charge in [0.05, 0.1) is 0 Å². The molecule has 0 aromatic heterocycles. The lowest BCUT2D eigenvalue weighted by atomic mass is 10.2. The molecule has 0 atom stereocenters. The molecule has 0 rings (SSSR count). The Bertz CT molecular complexity index is 189. The summed E-state index contributed by atoms with van der Waals surface area (Å²) in [4.78, 5) is 0. The van der Waals surface area contributed by atoms with E-state index in [1.807, 2.05) is 26.8 Å². The average Bonchev–Trinajstić information content (AvgIpc) is 2.24. The fourth-order valence-corrected chi connectivity index (χ4v) is 1.24. The molecule has 15 heavy (non-hydrogen) atoms. The van der Waals surface area contributed by atoms with Gasteiger partial charge in [0, 0.05) is 18.8 Å². The van der Waals surface area contributed by atoms with Crippen molar-refractivity contribution in [2.75, 3.05) is 13.2 Å². The SMILES string of the molecule is C/C=C(\C=C/CCC)C(OCC)OCC. The maximum absolute atomic E-state index is 5.52. The molecule has 0 spiro atoms. The van der Waals surface area contributed by atoms with Crippen LogP contribution in [-0.2, 0) is 9.47 Å². The van der Waals surface area contributed by atoms with E-state index in [1.54, 1.807) is 0 Å². The topological polar surface area (TPSA) is 18.5 Å². The van der Waals surface area contributed by atoms with E-state index in [0.29, 0.717) is 13.2 Å². The van der Waals surface area contributed by atoms with Crippen molar-refractivity contribution in [2.45, 2.75) is 46.8 Å². The summed E-state index contributed by atoms with van der Waals surface area (Å²) < 4.78 is 11.0. The van der Waals surface area contributed by atoms with Crippen LogP contribution in [0, 0.1) is 0 Å². The van der Waals surface area contributed by atoms with E-state index in [-0.39, 0.29) is 6.29 Å². The molecule has 2 heteroatoms. The largest absolute Gasteiger partial charge is 0.349 e. The van der Waals surface area contributed by atoms with Crippen LogP contribution in [0.1, 0.15) is 40.5 Å². The van der Waals surface area contributed by atoms with Gasteiger partial charge in [0.15, 0.2) is 6.29 Å². The fraction of sp³-hybridized carbons (Fsp3) is 0.692. The van der Waals surface area contributed by atoms with E-state index < -0.39 is 0 Å². The van der Waals surface area contributed by atoms with Gasteiger partial charge in [-0.2, -0.15) is 0 Å². The Kier molecular flexibility index (Phi) is 9.54. The second kappa shape index (κ2) is 9.94. The molecule has 0 N–H and O–H groups in total. The number of unbranched alkanes of at least 4 members (excludes halogenated alkanes) is 1. The van der Waals surface area contributed by atoms with Gasteiger partial charge in [0.1, 0.15) is 0 Å². The van der Waals surface area contributed by atoms with Crippen LogP contribution in [0.5, 0.6) is 0 Å². The maximum Gasteiger partial charge on any atom is 0.183 e. The first-order valence-electron chi connectivity index (χ1n) is 5.86. The zero-order valence-electron chi connectivity index (χ0n) is 10.5. The van der Waals surface area contributed by atoms with Crippen molar-refractivity contribution in [3.63, 3.8) is 0 Å². The minimum Gasteiger partial charge on any atom is -0.349 e. The van der Waals surface area contributed by atoms with Crippen LogP contribution in [0.2, 0.25) is 0 Å². The molecule has 0 aliphatic carbocycles. The predicted molar refractivity (Wildman–Crippen MR) is 64.8 cm³/mol. The molecule has 0 saturated heterocycles. The number of hydrogen-bond acceptors (Lipinski definition) is 2. The molecular weight excluding hydrogens is 188 g/mol. The zero-order chi connectivity index (χ0) is 11.5. The summed E-state index contributed by atoms with van der Waals surface area (Å²) in [6.45, 7) is 9.48. The first kappa shape index (κ1) is 14.4. The monoisotopic (exact) mass is 212 g/mol. The molecule has 0 radical (unpaired) electrons. The van der Waals surface area contributed by atoms with E-state index in [4.69, 9.17) is 9.47 Å². The molecule has 0 heterocycles. The third kappa shape index (κ3) is 6.47. The highest BCUT2D eigenvalue weighted by atomic mass is 16.7. The molecule has 0 aliphatic heterocycles. The van der Waals surface area contributed by atoms with Crippen molar-refractivity contribution >= 4 is 0 Å². The summed E-state index contributed by atoms with van der Waals surface area (Å²) in [7, 11) is 0. The van der Waals surface area contributed by atoms with E-state index in [1.165, 1.54) is 6.42 Å². The third-order valence-electron chi connectivity index (χ3n) is 2.01. The number of allylic oxidation sites excluding steroid dienone is 2. The summed E-state index contributed by atoms with van der Waals surface area (Å²) in [5, 5.41) is 0. The molecule has 88 valence electrons. The lowest BCUT2D eigenvalue weighted by molar-refractivity contribution is -0.109. The van der Waals surface area contributed by atoms with Crippen molar-refractivity contribution in [3.8, 4) is 0 Å². The van der Waals surface area contributed by atoms with Crippen LogP contribution in [0.4, 0.5) is 0 Å². The van der Waals surface area contributed by atoms with Crippen molar-refractivity contribution in [2.24, 2.45) is 0 Å². The Balaban J connectivity index is 4.31. The van der Waals surface area contributed by atoms with Gasteiger partial charge in [0.2, 0.25) is 0 Å². The second-order valence-corrected chi connectivity index (χ2v) is 3.22. The molecule has 0 aromatic rings. The molecular formula is C13H24O2. The molecule has 0 aromatic carbocycles. The summed E-state index contributed by atoms with van der Waals surface area (Å²) >= 11 is 0. The normalized spacial score (nSPS) is 13.0. The molecule has 0 saturated carbocycles. The fourth-order valence-electron chi connectivity index (χ4n) is 1.24. The van der Waals surface area contributed by atoms with Gasteiger partial charge in [-0.1, -0.05) is 31.6 Å². The summed E-state index contributed by atoms with van der Waals surface area (Å²) in [5.41, 5.74) is 1.10. The summed E-state index contributed by atoms with van der Waals surface area (Å²) in [5.74, 6) is 0. The van der Waals surface area contributed by atoms with E-state index in [9.17, 15) is 0 Å². The van der Waals surface area contributed by atoms with Gasteiger partial charge in [0.25, 0.3) is 0 Å². The van der Waals surface area contributed by atoms with Gasteiger partial charge in [-0.15, -0.1) is 0 Å². The van der Waals surface area contributed by atoms with Gasteiger partial charge in [-0.25, -0.2) is 0 Å². The average molecular weight is 212 g/mol. The summed E-state index contributed by atoms with van der Waals surface area (Å²) in [6, 6.07) is 0. The first-order valence-corrected chi connectivity index (χ1v) is 5.86. The molecule has 0 unspecified atom stereocenters. The van der Waals surface area contributed by atoms with Gasteiger partial charge >= 0.3 is 0 Å². The van der Waals surface area contributed by atoms with Crippen molar-refractivity contribution in [3.05, 3.63) is 23.8 Å². The minimum absolute atomic E-state index is 0.210. The Hall–Kier alpha value is -0.600. The molecule has 0 bridgehead atoms. The number of hydrogen-bond donors (Lipinski definition) is 0. The molecule has 0 fully saturated rings. The van der Waals surface area contributed by atoms with Crippen molar-refractivity contribution < 1.29 is 9.47 Å². The van der Waals surface area contributed by atoms with Crippen LogP contribution in [-0.4, -0.2) is 19.5 Å². The Labute approximate surface area is 94.0 Å². The van der Waals surface area contributed by atoms with Crippen LogP contribution in [0.15, 0.2) is 23.8 Å². The number of ether oxygens (including phenoxy) is 2.